The Hall–Kier alpha value is -2.52. The Morgan fingerprint density at radius 2 is 2.10 bits per heavy atom. The summed E-state index contributed by atoms with van der Waals surface area (Å²) in [7, 11) is 0. The number of hydrazine groups is 1. The molecule has 0 radical (unpaired) electrons. The molecule has 8 nitrogen and oxygen atoms in total. The van der Waals surface area contributed by atoms with Crippen molar-refractivity contribution < 1.29 is 9.72 Å². The number of nitro groups is 1. The molecule has 1 heterocycles. The first kappa shape index (κ1) is 14.9. The fourth-order valence-corrected chi connectivity index (χ4v) is 1.98. The zero-order valence-electron chi connectivity index (χ0n) is 10.5. The van der Waals surface area contributed by atoms with Crippen LogP contribution < -0.4 is 16.6 Å². The van der Waals surface area contributed by atoms with Crippen molar-refractivity contribution in [3.05, 3.63) is 56.7 Å². The highest BCUT2D eigenvalue weighted by Gasteiger charge is 2.14. The number of hydrogen-bond acceptors (Lipinski definition) is 6. The molecular formula is C12H10BrN5O3. The number of halogens is 1. The summed E-state index contributed by atoms with van der Waals surface area (Å²) in [4.78, 5) is 26.3. The molecule has 0 saturated heterocycles. The van der Waals surface area contributed by atoms with E-state index >= 15 is 0 Å². The zero-order chi connectivity index (χ0) is 15.4. The van der Waals surface area contributed by atoms with Gasteiger partial charge in [0.2, 0.25) is 0 Å². The molecule has 0 bridgehead atoms. The van der Waals surface area contributed by atoms with Crippen LogP contribution in [0.15, 0.2) is 41.0 Å². The van der Waals surface area contributed by atoms with Gasteiger partial charge in [0.15, 0.2) is 0 Å². The summed E-state index contributed by atoms with van der Waals surface area (Å²) in [5, 5.41) is 13.4. The molecule has 0 saturated carbocycles. The Balaban J connectivity index is 2.23. The molecule has 108 valence electrons. The molecule has 1 aromatic carbocycles. The first-order valence-electron chi connectivity index (χ1n) is 5.69. The number of nitrogens with two attached hydrogens (primary N) is 1. The van der Waals surface area contributed by atoms with E-state index in [4.69, 9.17) is 5.84 Å². The molecule has 0 unspecified atom stereocenters. The second-order valence-electron chi connectivity index (χ2n) is 3.95. The molecule has 0 aliphatic heterocycles. The molecule has 4 N–H and O–H groups in total. The normalized spacial score (nSPS) is 10.0. The van der Waals surface area contributed by atoms with Crippen LogP contribution in [0.3, 0.4) is 0 Å². The summed E-state index contributed by atoms with van der Waals surface area (Å²) in [5.74, 6) is 5.13. The number of pyridine rings is 1. The van der Waals surface area contributed by atoms with Crippen molar-refractivity contribution in [1.29, 1.82) is 0 Å². The maximum atomic E-state index is 12.1. The predicted molar refractivity (Wildman–Crippen MR) is 80.8 cm³/mol. The summed E-state index contributed by atoms with van der Waals surface area (Å²) < 4.78 is 0.337. The zero-order valence-corrected chi connectivity index (χ0v) is 12.1. The minimum absolute atomic E-state index is 0.133. The van der Waals surface area contributed by atoms with Crippen molar-refractivity contribution in [2.24, 2.45) is 5.84 Å². The van der Waals surface area contributed by atoms with Gasteiger partial charge in [-0.25, -0.2) is 10.8 Å². The highest BCUT2D eigenvalue weighted by atomic mass is 79.9. The van der Waals surface area contributed by atoms with E-state index in [0.717, 1.165) is 0 Å². The Kier molecular flexibility index (Phi) is 4.45. The van der Waals surface area contributed by atoms with Crippen molar-refractivity contribution in [1.82, 2.24) is 4.98 Å². The van der Waals surface area contributed by atoms with Crippen LogP contribution in [0.25, 0.3) is 0 Å². The standard InChI is InChI=1S/C12H10BrN5O3/c13-9-2-1-8(6-10(9)18(20)21)16-12(19)7-3-4-15-11(5-7)17-14/h1-6H,14H2,(H,15,17)(H,16,19). The summed E-state index contributed by atoms with van der Waals surface area (Å²) in [6.07, 6.45) is 1.42. The first-order valence-corrected chi connectivity index (χ1v) is 6.48. The lowest BCUT2D eigenvalue weighted by Crippen LogP contribution is -2.14. The number of rotatable bonds is 4. The largest absolute Gasteiger partial charge is 0.322 e. The van der Waals surface area contributed by atoms with Gasteiger partial charge in [0.25, 0.3) is 11.6 Å². The van der Waals surface area contributed by atoms with Crippen molar-refractivity contribution in [3.8, 4) is 0 Å². The summed E-state index contributed by atoms with van der Waals surface area (Å²) in [5.41, 5.74) is 2.83. The van der Waals surface area contributed by atoms with E-state index in [0.29, 0.717) is 21.5 Å². The van der Waals surface area contributed by atoms with Gasteiger partial charge in [-0.15, -0.1) is 0 Å². The molecule has 2 aromatic rings. The second kappa shape index (κ2) is 6.29. The van der Waals surface area contributed by atoms with Crippen LogP contribution in [0.2, 0.25) is 0 Å². The maximum absolute atomic E-state index is 12.1. The lowest BCUT2D eigenvalue weighted by molar-refractivity contribution is -0.385. The molecular weight excluding hydrogens is 342 g/mol. The average molecular weight is 352 g/mol. The minimum atomic E-state index is -0.539. The molecule has 0 atom stereocenters. The van der Waals surface area contributed by atoms with Crippen LogP contribution in [0.1, 0.15) is 10.4 Å². The fraction of sp³-hybridized carbons (Fsp3) is 0. The number of nitrogens with zero attached hydrogens (tertiary/aromatic N) is 2. The summed E-state index contributed by atoms with van der Waals surface area (Å²) in [6.45, 7) is 0. The van der Waals surface area contributed by atoms with Crippen LogP contribution in [0.4, 0.5) is 17.2 Å². The van der Waals surface area contributed by atoms with Gasteiger partial charge in [0.1, 0.15) is 5.82 Å². The van der Waals surface area contributed by atoms with Crippen molar-refractivity contribution in [2.75, 3.05) is 10.7 Å². The Bertz CT molecular complexity index is 707. The Morgan fingerprint density at radius 1 is 1.33 bits per heavy atom. The van der Waals surface area contributed by atoms with Crippen LogP contribution in [-0.4, -0.2) is 15.8 Å². The van der Waals surface area contributed by atoms with E-state index in [1.54, 1.807) is 6.07 Å². The number of aromatic nitrogens is 1. The molecule has 0 aliphatic carbocycles. The summed E-state index contributed by atoms with van der Waals surface area (Å²) >= 11 is 3.08. The number of anilines is 2. The van der Waals surface area contributed by atoms with Crippen LogP contribution in [0, 0.1) is 10.1 Å². The smallest absolute Gasteiger partial charge is 0.285 e. The van der Waals surface area contributed by atoms with Gasteiger partial charge in [0, 0.05) is 23.5 Å². The van der Waals surface area contributed by atoms with Gasteiger partial charge in [0.05, 0.1) is 9.40 Å². The number of carbonyl (C=O) groups is 1. The minimum Gasteiger partial charge on any atom is -0.322 e. The molecule has 9 heteroatoms. The molecule has 0 spiro atoms. The van der Waals surface area contributed by atoms with E-state index in [-0.39, 0.29) is 5.69 Å². The number of benzene rings is 1. The van der Waals surface area contributed by atoms with Crippen LogP contribution >= 0.6 is 15.9 Å². The van der Waals surface area contributed by atoms with E-state index in [1.807, 2.05) is 0 Å². The van der Waals surface area contributed by atoms with E-state index in [2.05, 4.69) is 31.7 Å². The van der Waals surface area contributed by atoms with Gasteiger partial charge in [-0.2, -0.15) is 0 Å². The third kappa shape index (κ3) is 3.52. The SMILES string of the molecule is NNc1cc(C(=O)Nc2ccc(Br)c([N+](=O)[O-])c2)ccn1. The molecule has 2 rings (SSSR count). The first-order chi connectivity index (χ1) is 10.0. The number of carbonyl (C=O) groups excluding carboxylic acids is 1. The quantitative estimate of drug-likeness (QED) is 0.441. The van der Waals surface area contributed by atoms with Crippen LogP contribution in [-0.2, 0) is 0 Å². The summed E-state index contributed by atoms with van der Waals surface area (Å²) in [6, 6.07) is 7.28. The molecule has 1 amide bonds. The maximum Gasteiger partial charge on any atom is 0.285 e. The number of nitrogens with one attached hydrogen (secondary N) is 2. The molecule has 0 aliphatic rings. The Labute approximate surface area is 127 Å². The van der Waals surface area contributed by atoms with Gasteiger partial charge in [-0.1, -0.05) is 0 Å². The van der Waals surface area contributed by atoms with Crippen LogP contribution in [0.5, 0.6) is 0 Å². The van der Waals surface area contributed by atoms with E-state index in [9.17, 15) is 14.9 Å². The monoisotopic (exact) mass is 351 g/mol. The van der Waals surface area contributed by atoms with E-state index < -0.39 is 10.8 Å². The molecule has 1 aromatic heterocycles. The second-order valence-corrected chi connectivity index (χ2v) is 4.81. The van der Waals surface area contributed by atoms with E-state index in [1.165, 1.54) is 30.5 Å². The lowest BCUT2D eigenvalue weighted by Gasteiger charge is -2.07. The number of nitrogen functional groups attached to an aromatic ring is 1. The van der Waals surface area contributed by atoms with Gasteiger partial charge in [-0.05, 0) is 40.2 Å². The van der Waals surface area contributed by atoms with Gasteiger partial charge < -0.3 is 10.7 Å². The highest BCUT2D eigenvalue weighted by Crippen LogP contribution is 2.28. The van der Waals surface area contributed by atoms with Crippen molar-refractivity contribution in [2.45, 2.75) is 0 Å². The third-order valence-corrected chi connectivity index (χ3v) is 3.24. The van der Waals surface area contributed by atoms with Crippen molar-refractivity contribution >= 4 is 39.0 Å². The lowest BCUT2D eigenvalue weighted by atomic mass is 10.2. The highest BCUT2D eigenvalue weighted by molar-refractivity contribution is 9.10. The fourth-order valence-electron chi connectivity index (χ4n) is 1.58. The molecule has 0 fully saturated rings. The number of nitro benzene ring substituents is 1. The third-order valence-electron chi connectivity index (χ3n) is 2.57. The number of amides is 1. The topological polar surface area (TPSA) is 123 Å². The van der Waals surface area contributed by atoms with Gasteiger partial charge >= 0.3 is 0 Å². The van der Waals surface area contributed by atoms with Gasteiger partial charge in [-0.3, -0.25) is 14.9 Å². The predicted octanol–water partition coefficient (Wildman–Crippen LogP) is 2.29. The average Bonchev–Trinajstić information content (AvgIpc) is 2.49. The number of hydrogen-bond donors (Lipinski definition) is 3. The van der Waals surface area contributed by atoms with Crippen molar-refractivity contribution in [3.63, 3.8) is 0 Å². The Morgan fingerprint density at radius 3 is 2.76 bits per heavy atom. The molecule has 21 heavy (non-hydrogen) atoms.